The van der Waals surface area contributed by atoms with Gasteiger partial charge in [0.25, 0.3) is 0 Å². The van der Waals surface area contributed by atoms with Gasteiger partial charge < -0.3 is 0 Å². The average molecular weight is 213 g/mol. The maximum atomic E-state index is 6.07. The molecule has 0 radical (unpaired) electrons. The number of benzene rings is 1. The number of rotatable bonds is 2. The van der Waals surface area contributed by atoms with E-state index in [4.69, 9.17) is 11.6 Å². The second-order valence-electron chi connectivity index (χ2n) is 3.69. The van der Waals surface area contributed by atoms with Crippen LogP contribution in [-0.2, 0) is 6.42 Å². The average Bonchev–Trinajstić information content (AvgIpc) is 2.13. The van der Waals surface area contributed by atoms with E-state index >= 15 is 0 Å². The van der Waals surface area contributed by atoms with Crippen molar-refractivity contribution in [3.63, 3.8) is 0 Å². The Bertz CT molecular complexity index is 264. The summed E-state index contributed by atoms with van der Waals surface area (Å²) in [6.45, 7) is 10.5. The van der Waals surface area contributed by atoms with Gasteiger partial charge in [-0.1, -0.05) is 51.4 Å². The molecule has 0 bridgehead atoms. The van der Waals surface area contributed by atoms with Crippen LogP contribution in [0.3, 0.4) is 0 Å². The molecule has 1 aromatic rings. The van der Waals surface area contributed by atoms with Gasteiger partial charge in [0.15, 0.2) is 0 Å². The van der Waals surface area contributed by atoms with Crippen LogP contribution >= 0.6 is 11.6 Å². The Morgan fingerprint density at radius 3 is 2.21 bits per heavy atom. The van der Waals surface area contributed by atoms with Gasteiger partial charge in [0.05, 0.1) is 0 Å². The lowest BCUT2D eigenvalue weighted by molar-refractivity contribution is 0.647. The summed E-state index contributed by atoms with van der Waals surface area (Å²) in [6, 6.07) is 6.26. The Labute approximate surface area is 93.3 Å². The van der Waals surface area contributed by atoms with Crippen LogP contribution in [0.5, 0.6) is 0 Å². The van der Waals surface area contributed by atoms with E-state index in [1.54, 1.807) is 0 Å². The van der Waals surface area contributed by atoms with Crippen molar-refractivity contribution in [3.8, 4) is 0 Å². The lowest BCUT2D eigenvalue weighted by Gasteiger charge is -2.07. The summed E-state index contributed by atoms with van der Waals surface area (Å²) in [6.07, 6.45) is 1.07. The Balaban J connectivity index is 0.000000791. The van der Waals surface area contributed by atoms with Gasteiger partial charge in [-0.05, 0) is 36.5 Å². The van der Waals surface area contributed by atoms with E-state index in [0.29, 0.717) is 5.92 Å². The Hall–Kier alpha value is -0.490. The lowest BCUT2D eigenvalue weighted by atomic mass is 10.0. The molecule has 0 N–H and O–H groups in total. The smallest absolute Gasteiger partial charge is 0.0440 e. The Morgan fingerprint density at radius 2 is 1.79 bits per heavy atom. The van der Waals surface area contributed by atoms with Gasteiger partial charge >= 0.3 is 0 Å². The summed E-state index contributed by atoms with van der Waals surface area (Å²) >= 11 is 6.07. The zero-order valence-corrected chi connectivity index (χ0v) is 10.7. The van der Waals surface area contributed by atoms with Crippen molar-refractivity contribution in [3.05, 3.63) is 34.3 Å². The quantitative estimate of drug-likeness (QED) is 0.656. The van der Waals surface area contributed by atoms with E-state index in [2.05, 4.69) is 32.9 Å². The van der Waals surface area contributed by atoms with Gasteiger partial charge in [-0.3, -0.25) is 0 Å². The molecule has 0 aliphatic carbocycles. The van der Waals surface area contributed by atoms with Crippen LogP contribution in [0.4, 0.5) is 0 Å². The largest absolute Gasteiger partial charge is 0.0840 e. The first-order valence-corrected chi connectivity index (χ1v) is 5.72. The van der Waals surface area contributed by atoms with E-state index < -0.39 is 0 Å². The van der Waals surface area contributed by atoms with Crippen LogP contribution in [0.25, 0.3) is 0 Å². The van der Waals surface area contributed by atoms with E-state index in [9.17, 15) is 0 Å². The molecule has 0 spiro atoms. The van der Waals surface area contributed by atoms with Crippen LogP contribution in [0.2, 0.25) is 5.02 Å². The van der Waals surface area contributed by atoms with Crippen LogP contribution in [0.15, 0.2) is 18.2 Å². The third kappa shape index (κ3) is 4.66. The van der Waals surface area contributed by atoms with E-state index in [-0.39, 0.29) is 0 Å². The molecular weight excluding hydrogens is 192 g/mol. The van der Waals surface area contributed by atoms with Crippen molar-refractivity contribution in [2.45, 2.75) is 41.0 Å². The molecule has 0 aromatic heterocycles. The van der Waals surface area contributed by atoms with Gasteiger partial charge in [0, 0.05) is 5.02 Å². The zero-order valence-electron chi connectivity index (χ0n) is 9.89. The minimum absolute atomic E-state index is 0.671. The monoisotopic (exact) mass is 212 g/mol. The van der Waals surface area contributed by atoms with Gasteiger partial charge in [-0.15, -0.1) is 0 Å². The minimum Gasteiger partial charge on any atom is -0.0840 e. The predicted octanol–water partition coefficient (Wildman–Crippen LogP) is 4.87. The van der Waals surface area contributed by atoms with Crippen molar-refractivity contribution >= 4 is 11.6 Å². The fraction of sp³-hybridized carbons (Fsp3) is 0.538. The summed E-state index contributed by atoms with van der Waals surface area (Å²) in [7, 11) is 0. The maximum absolute atomic E-state index is 6.07. The summed E-state index contributed by atoms with van der Waals surface area (Å²) in [5.74, 6) is 0.671. The summed E-state index contributed by atoms with van der Waals surface area (Å²) < 4.78 is 0. The minimum atomic E-state index is 0.671. The highest BCUT2D eigenvalue weighted by Crippen LogP contribution is 2.20. The fourth-order valence-electron chi connectivity index (χ4n) is 1.26. The molecule has 80 valence electrons. The molecule has 0 amide bonds. The van der Waals surface area contributed by atoms with Gasteiger partial charge in [-0.25, -0.2) is 0 Å². The highest BCUT2D eigenvalue weighted by molar-refractivity contribution is 6.31. The first-order chi connectivity index (χ1) is 6.59. The molecule has 0 atom stereocenters. The Kier molecular flexibility index (Phi) is 6.65. The summed E-state index contributed by atoms with van der Waals surface area (Å²) in [5.41, 5.74) is 2.49. The summed E-state index contributed by atoms with van der Waals surface area (Å²) in [5, 5.41) is 0.906. The number of halogens is 1. The van der Waals surface area contributed by atoms with E-state index in [0.717, 1.165) is 11.4 Å². The normalized spacial score (nSPS) is 9.64. The third-order valence-corrected chi connectivity index (χ3v) is 2.19. The standard InChI is InChI=1S/C11H15Cl.C2H6/c1-8(2)6-10-5-4-9(3)7-11(10)12;1-2/h4-5,7-8H,6H2,1-3H3;1-2H3. The lowest BCUT2D eigenvalue weighted by Crippen LogP contribution is -1.94. The molecular formula is C13H21Cl. The van der Waals surface area contributed by atoms with Gasteiger partial charge in [0.2, 0.25) is 0 Å². The molecule has 14 heavy (non-hydrogen) atoms. The molecule has 1 aromatic carbocycles. The summed E-state index contributed by atoms with van der Waals surface area (Å²) in [4.78, 5) is 0. The second-order valence-corrected chi connectivity index (χ2v) is 4.10. The maximum Gasteiger partial charge on any atom is 0.0440 e. The molecule has 0 aliphatic rings. The number of hydrogen-bond donors (Lipinski definition) is 0. The molecule has 0 aliphatic heterocycles. The number of hydrogen-bond acceptors (Lipinski definition) is 0. The van der Waals surface area contributed by atoms with Gasteiger partial charge in [-0.2, -0.15) is 0 Å². The van der Waals surface area contributed by atoms with Gasteiger partial charge in [0.1, 0.15) is 0 Å². The van der Waals surface area contributed by atoms with Crippen molar-refractivity contribution < 1.29 is 0 Å². The molecule has 0 heterocycles. The second kappa shape index (κ2) is 6.89. The molecule has 0 fully saturated rings. The molecule has 1 heteroatoms. The molecule has 0 nitrogen and oxygen atoms in total. The highest BCUT2D eigenvalue weighted by Gasteiger charge is 2.02. The molecule has 0 saturated carbocycles. The Morgan fingerprint density at radius 1 is 1.21 bits per heavy atom. The van der Waals surface area contributed by atoms with Crippen molar-refractivity contribution in [1.82, 2.24) is 0 Å². The van der Waals surface area contributed by atoms with Crippen LogP contribution < -0.4 is 0 Å². The van der Waals surface area contributed by atoms with Crippen LogP contribution in [0.1, 0.15) is 38.8 Å². The first kappa shape index (κ1) is 13.5. The predicted molar refractivity (Wildman–Crippen MR) is 66.1 cm³/mol. The van der Waals surface area contributed by atoms with E-state index in [1.807, 2.05) is 19.9 Å². The third-order valence-electron chi connectivity index (χ3n) is 1.84. The SMILES string of the molecule is CC.Cc1ccc(CC(C)C)c(Cl)c1. The molecule has 1 rings (SSSR count). The zero-order chi connectivity index (χ0) is 11.1. The topological polar surface area (TPSA) is 0 Å². The molecule has 0 unspecified atom stereocenters. The van der Waals surface area contributed by atoms with E-state index in [1.165, 1.54) is 11.1 Å². The van der Waals surface area contributed by atoms with Crippen molar-refractivity contribution in [1.29, 1.82) is 0 Å². The highest BCUT2D eigenvalue weighted by atomic mass is 35.5. The van der Waals surface area contributed by atoms with Crippen molar-refractivity contribution in [2.75, 3.05) is 0 Å². The van der Waals surface area contributed by atoms with Crippen LogP contribution in [-0.4, -0.2) is 0 Å². The fourth-order valence-corrected chi connectivity index (χ4v) is 1.57. The number of aryl methyl sites for hydroxylation is 1. The van der Waals surface area contributed by atoms with Crippen LogP contribution in [0, 0.1) is 12.8 Å². The molecule has 0 saturated heterocycles. The first-order valence-electron chi connectivity index (χ1n) is 5.34. The van der Waals surface area contributed by atoms with Crippen molar-refractivity contribution in [2.24, 2.45) is 5.92 Å².